The Balaban J connectivity index is 1.93. The van der Waals surface area contributed by atoms with Crippen LogP contribution in [0.1, 0.15) is 35.6 Å². The third kappa shape index (κ3) is 3.82. The number of benzene rings is 2. The standard InChI is InChI=1S/C22H25N3O2S/c1-5-19(14-25-13-18(12-23)20-8-6-7-9-21(20)25)24-28(26,27)22-16(3)10-15(2)11-17(22)4/h6-11,13,19,24H,5,14H2,1-4H3/t19-/m0/s1. The summed E-state index contributed by atoms with van der Waals surface area (Å²) in [5.41, 5.74) is 4.07. The lowest BCUT2D eigenvalue weighted by Crippen LogP contribution is -2.38. The van der Waals surface area contributed by atoms with Crippen molar-refractivity contribution in [1.29, 1.82) is 5.26 Å². The lowest BCUT2D eigenvalue weighted by Gasteiger charge is -2.20. The first-order valence-electron chi connectivity index (χ1n) is 9.35. The van der Waals surface area contributed by atoms with Crippen LogP contribution in [0.2, 0.25) is 0 Å². The maximum Gasteiger partial charge on any atom is 0.241 e. The molecule has 0 bridgehead atoms. The molecule has 0 radical (unpaired) electrons. The van der Waals surface area contributed by atoms with Crippen LogP contribution in [0, 0.1) is 32.1 Å². The number of aryl methyl sites for hydroxylation is 3. The molecule has 1 aromatic heterocycles. The third-order valence-corrected chi connectivity index (χ3v) is 6.84. The van der Waals surface area contributed by atoms with E-state index in [1.165, 1.54) is 0 Å². The van der Waals surface area contributed by atoms with Gasteiger partial charge in [-0.15, -0.1) is 0 Å². The Hall–Kier alpha value is -2.62. The number of aromatic nitrogens is 1. The zero-order chi connectivity index (χ0) is 20.5. The minimum atomic E-state index is -3.65. The predicted molar refractivity (Wildman–Crippen MR) is 112 cm³/mol. The van der Waals surface area contributed by atoms with Crippen LogP contribution >= 0.6 is 0 Å². The van der Waals surface area contributed by atoms with Crippen LogP contribution in [0.4, 0.5) is 0 Å². The minimum absolute atomic E-state index is 0.285. The molecular formula is C22H25N3O2S. The average molecular weight is 396 g/mol. The molecule has 0 unspecified atom stereocenters. The van der Waals surface area contributed by atoms with Gasteiger partial charge in [-0.25, -0.2) is 13.1 Å². The van der Waals surface area contributed by atoms with E-state index >= 15 is 0 Å². The Morgan fingerprint density at radius 1 is 1.14 bits per heavy atom. The van der Waals surface area contributed by atoms with Gasteiger partial charge in [0.2, 0.25) is 10.0 Å². The Kier molecular flexibility index (Phi) is 5.59. The number of nitrogens with zero attached hydrogens (tertiary/aromatic N) is 2. The molecule has 3 rings (SSSR count). The lowest BCUT2D eigenvalue weighted by molar-refractivity contribution is 0.491. The van der Waals surface area contributed by atoms with Gasteiger partial charge in [-0.05, 0) is 44.4 Å². The van der Waals surface area contributed by atoms with Gasteiger partial charge in [0, 0.05) is 29.7 Å². The van der Waals surface area contributed by atoms with Crippen molar-refractivity contribution in [3.8, 4) is 6.07 Å². The summed E-state index contributed by atoms with van der Waals surface area (Å²) >= 11 is 0. The summed E-state index contributed by atoms with van der Waals surface area (Å²) < 4.78 is 31.0. The third-order valence-electron chi connectivity index (χ3n) is 5.01. The van der Waals surface area contributed by atoms with E-state index < -0.39 is 10.0 Å². The smallest absolute Gasteiger partial charge is 0.241 e. The highest BCUT2D eigenvalue weighted by atomic mass is 32.2. The van der Waals surface area contributed by atoms with Gasteiger partial charge in [0.1, 0.15) is 6.07 Å². The predicted octanol–water partition coefficient (Wildman–Crippen LogP) is 4.20. The average Bonchev–Trinajstić information content (AvgIpc) is 2.97. The Morgan fingerprint density at radius 3 is 2.39 bits per heavy atom. The van der Waals surface area contributed by atoms with Crippen molar-refractivity contribution in [3.63, 3.8) is 0 Å². The van der Waals surface area contributed by atoms with E-state index in [0.717, 1.165) is 27.6 Å². The van der Waals surface area contributed by atoms with Crippen molar-refractivity contribution in [2.24, 2.45) is 0 Å². The minimum Gasteiger partial charge on any atom is -0.345 e. The molecular weight excluding hydrogens is 370 g/mol. The molecule has 0 fully saturated rings. The van der Waals surface area contributed by atoms with Crippen molar-refractivity contribution in [3.05, 3.63) is 64.8 Å². The zero-order valence-electron chi connectivity index (χ0n) is 16.7. The summed E-state index contributed by atoms with van der Waals surface area (Å²) in [6, 6.07) is 13.4. The Bertz CT molecular complexity index is 1150. The summed E-state index contributed by atoms with van der Waals surface area (Å²) in [5, 5.41) is 10.3. The number of fused-ring (bicyclic) bond motifs is 1. The van der Waals surface area contributed by atoms with E-state index in [1.807, 2.05) is 68.7 Å². The normalized spacial score (nSPS) is 12.8. The maximum absolute atomic E-state index is 13.1. The summed E-state index contributed by atoms with van der Waals surface area (Å²) in [7, 11) is -3.65. The van der Waals surface area contributed by atoms with Gasteiger partial charge < -0.3 is 4.57 Å². The van der Waals surface area contributed by atoms with Crippen LogP contribution in [-0.4, -0.2) is 19.0 Å². The van der Waals surface area contributed by atoms with Gasteiger partial charge in [0.15, 0.2) is 0 Å². The largest absolute Gasteiger partial charge is 0.345 e. The molecule has 0 aliphatic carbocycles. The molecule has 0 spiro atoms. The van der Waals surface area contributed by atoms with Gasteiger partial charge in [-0.3, -0.25) is 0 Å². The number of para-hydroxylation sites is 1. The SMILES string of the molecule is CC[C@@H](Cn1cc(C#N)c2ccccc21)NS(=O)(=O)c1c(C)cc(C)cc1C. The van der Waals surface area contributed by atoms with E-state index in [1.54, 1.807) is 6.20 Å². The number of rotatable bonds is 6. The quantitative estimate of drug-likeness (QED) is 0.680. The lowest BCUT2D eigenvalue weighted by atomic mass is 10.1. The van der Waals surface area contributed by atoms with Crippen molar-refractivity contribution in [1.82, 2.24) is 9.29 Å². The van der Waals surface area contributed by atoms with Gasteiger partial charge >= 0.3 is 0 Å². The van der Waals surface area contributed by atoms with E-state index in [4.69, 9.17) is 0 Å². The number of sulfonamides is 1. The van der Waals surface area contributed by atoms with Crippen molar-refractivity contribution in [2.75, 3.05) is 0 Å². The highest BCUT2D eigenvalue weighted by Gasteiger charge is 2.24. The fourth-order valence-corrected chi connectivity index (χ4v) is 5.61. The first-order chi connectivity index (χ1) is 13.3. The van der Waals surface area contributed by atoms with Crippen molar-refractivity contribution in [2.45, 2.75) is 51.6 Å². The molecule has 3 aromatic rings. The van der Waals surface area contributed by atoms with Crippen LogP contribution in [-0.2, 0) is 16.6 Å². The second-order valence-electron chi connectivity index (χ2n) is 7.28. The van der Waals surface area contributed by atoms with Crippen LogP contribution in [0.5, 0.6) is 0 Å². The monoisotopic (exact) mass is 395 g/mol. The van der Waals surface area contributed by atoms with Gasteiger partial charge in [0.05, 0.1) is 10.5 Å². The number of nitriles is 1. The van der Waals surface area contributed by atoms with E-state index in [2.05, 4.69) is 10.8 Å². The number of hydrogen-bond acceptors (Lipinski definition) is 3. The molecule has 2 aromatic carbocycles. The fraction of sp³-hybridized carbons (Fsp3) is 0.318. The second kappa shape index (κ2) is 7.78. The van der Waals surface area contributed by atoms with E-state index in [0.29, 0.717) is 23.4 Å². The maximum atomic E-state index is 13.1. The summed E-state index contributed by atoms with van der Waals surface area (Å²) in [4.78, 5) is 0.353. The van der Waals surface area contributed by atoms with Crippen molar-refractivity contribution >= 4 is 20.9 Å². The summed E-state index contributed by atoms with van der Waals surface area (Å²) in [6.07, 6.45) is 2.43. The molecule has 6 heteroatoms. The molecule has 1 atom stereocenters. The molecule has 146 valence electrons. The molecule has 0 aliphatic heterocycles. The first kappa shape index (κ1) is 20.1. The fourth-order valence-electron chi connectivity index (χ4n) is 3.84. The summed E-state index contributed by atoms with van der Waals surface area (Å²) in [6.45, 7) is 8.03. The highest BCUT2D eigenvalue weighted by Crippen LogP contribution is 2.24. The number of nitrogens with one attached hydrogen (secondary N) is 1. The molecule has 1 N–H and O–H groups in total. The Morgan fingerprint density at radius 2 is 1.79 bits per heavy atom. The molecule has 0 aliphatic rings. The molecule has 1 heterocycles. The van der Waals surface area contributed by atoms with Crippen LogP contribution < -0.4 is 4.72 Å². The molecule has 5 nitrogen and oxygen atoms in total. The highest BCUT2D eigenvalue weighted by molar-refractivity contribution is 7.89. The topological polar surface area (TPSA) is 74.9 Å². The van der Waals surface area contributed by atoms with E-state index in [9.17, 15) is 13.7 Å². The van der Waals surface area contributed by atoms with Gasteiger partial charge in [-0.1, -0.05) is 42.8 Å². The molecule has 28 heavy (non-hydrogen) atoms. The zero-order valence-corrected chi connectivity index (χ0v) is 17.5. The second-order valence-corrected chi connectivity index (χ2v) is 8.93. The van der Waals surface area contributed by atoms with Gasteiger partial charge in [0.25, 0.3) is 0 Å². The Labute approximate surface area is 166 Å². The van der Waals surface area contributed by atoms with E-state index in [-0.39, 0.29) is 6.04 Å². The summed E-state index contributed by atoms with van der Waals surface area (Å²) in [5.74, 6) is 0. The molecule has 0 amide bonds. The molecule has 0 saturated heterocycles. The van der Waals surface area contributed by atoms with Crippen LogP contribution in [0.15, 0.2) is 47.5 Å². The van der Waals surface area contributed by atoms with Crippen LogP contribution in [0.3, 0.4) is 0 Å². The van der Waals surface area contributed by atoms with Gasteiger partial charge in [-0.2, -0.15) is 5.26 Å². The number of hydrogen-bond donors (Lipinski definition) is 1. The first-order valence-corrected chi connectivity index (χ1v) is 10.8. The van der Waals surface area contributed by atoms with Crippen LogP contribution in [0.25, 0.3) is 10.9 Å². The van der Waals surface area contributed by atoms with Crippen molar-refractivity contribution < 1.29 is 8.42 Å². The molecule has 0 saturated carbocycles.